The van der Waals surface area contributed by atoms with Crippen molar-refractivity contribution in [2.45, 2.75) is 96.7 Å². The van der Waals surface area contributed by atoms with Gasteiger partial charge in [-0.3, -0.25) is 4.79 Å². The first kappa shape index (κ1) is 25.6. The average Bonchev–Trinajstić information content (AvgIpc) is 3.66. The number of unbranched alkanes of at least 4 members (excludes halogenated alkanes) is 3. The Morgan fingerprint density at radius 1 is 0.886 bits per heavy atom. The van der Waals surface area contributed by atoms with Crippen LogP contribution in [0.5, 0.6) is 11.5 Å². The van der Waals surface area contributed by atoms with Crippen molar-refractivity contribution in [1.82, 2.24) is 9.97 Å². The molecule has 2 heterocycles. The van der Waals surface area contributed by atoms with E-state index >= 15 is 0 Å². The van der Waals surface area contributed by atoms with Crippen molar-refractivity contribution in [2.75, 3.05) is 6.61 Å². The van der Waals surface area contributed by atoms with Gasteiger partial charge in [-0.15, -0.1) is 0 Å². The Morgan fingerprint density at radius 3 is 2.29 bits per heavy atom. The van der Waals surface area contributed by atoms with Crippen LogP contribution in [-0.2, 0) is 9.53 Å². The molecule has 0 unspecified atom stereocenters. The van der Waals surface area contributed by atoms with E-state index in [4.69, 9.17) is 14.2 Å². The maximum absolute atomic E-state index is 12.6. The molecule has 0 amide bonds. The quantitative estimate of drug-likeness (QED) is 0.136. The number of rotatable bonds is 13. The standard InChI is InChI=1S/C29H40N2O4/c1-3-5-7-8-21-10-12-23(13-11-21)29(32)34-24-16-14-22(15-17-24)28-30-18-25(19-31-28)33-20-27-26(35-27)9-6-4-2/h14-19,21,23,26-27H,3-13,20H2,1-2H3/t21?,23?,26-,27-/m0/s1. The van der Waals surface area contributed by atoms with Gasteiger partial charge in [-0.2, -0.15) is 0 Å². The normalized spacial score (nSPS) is 23.6. The molecule has 2 fully saturated rings. The summed E-state index contributed by atoms with van der Waals surface area (Å²) in [5.41, 5.74) is 0.870. The number of carbonyl (C=O) groups excluding carboxylic acids is 1. The number of nitrogens with zero attached hydrogens (tertiary/aromatic N) is 2. The lowest BCUT2D eigenvalue weighted by atomic mass is 9.80. The van der Waals surface area contributed by atoms with E-state index in [1.165, 1.54) is 38.5 Å². The van der Waals surface area contributed by atoms with Crippen molar-refractivity contribution in [3.63, 3.8) is 0 Å². The Labute approximate surface area is 209 Å². The van der Waals surface area contributed by atoms with Crippen LogP contribution in [0.15, 0.2) is 36.7 Å². The van der Waals surface area contributed by atoms with Gasteiger partial charge in [-0.25, -0.2) is 9.97 Å². The third kappa shape index (κ3) is 7.76. The van der Waals surface area contributed by atoms with Crippen LogP contribution in [0.25, 0.3) is 11.4 Å². The highest BCUT2D eigenvalue weighted by molar-refractivity contribution is 5.75. The summed E-state index contributed by atoms with van der Waals surface area (Å²) in [5, 5.41) is 0. The molecule has 6 nitrogen and oxygen atoms in total. The van der Waals surface area contributed by atoms with E-state index in [2.05, 4.69) is 23.8 Å². The van der Waals surface area contributed by atoms with Crippen molar-refractivity contribution in [1.29, 1.82) is 0 Å². The molecule has 0 N–H and O–H groups in total. The zero-order chi connectivity index (χ0) is 24.5. The van der Waals surface area contributed by atoms with Gasteiger partial charge in [0.25, 0.3) is 0 Å². The highest BCUT2D eigenvalue weighted by Crippen LogP contribution is 2.33. The molecule has 1 saturated carbocycles. The molecule has 1 aromatic carbocycles. The van der Waals surface area contributed by atoms with Crippen LogP contribution in [0, 0.1) is 11.8 Å². The second kappa shape index (κ2) is 13.0. The summed E-state index contributed by atoms with van der Waals surface area (Å²) in [7, 11) is 0. The summed E-state index contributed by atoms with van der Waals surface area (Å²) in [5.74, 6) is 2.54. The number of carbonyl (C=O) groups is 1. The number of benzene rings is 1. The summed E-state index contributed by atoms with van der Waals surface area (Å²) in [6, 6.07) is 7.41. The summed E-state index contributed by atoms with van der Waals surface area (Å²) in [6.45, 7) is 4.97. The molecular formula is C29H40N2O4. The van der Waals surface area contributed by atoms with E-state index in [1.54, 1.807) is 12.4 Å². The topological polar surface area (TPSA) is 73.8 Å². The van der Waals surface area contributed by atoms with Gasteiger partial charge in [-0.1, -0.05) is 52.4 Å². The van der Waals surface area contributed by atoms with Gasteiger partial charge < -0.3 is 14.2 Å². The van der Waals surface area contributed by atoms with Crippen LogP contribution < -0.4 is 9.47 Å². The van der Waals surface area contributed by atoms with E-state index in [0.717, 1.165) is 43.6 Å². The minimum atomic E-state index is -0.0981. The molecule has 1 aromatic heterocycles. The molecule has 35 heavy (non-hydrogen) atoms. The molecule has 6 heteroatoms. The van der Waals surface area contributed by atoms with Gasteiger partial charge in [0.05, 0.1) is 24.4 Å². The van der Waals surface area contributed by atoms with Gasteiger partial charge in [0.2, 0.25) is 0 Å². The molecule has 1 aliphatic heterocycles. The largest absolute Gasteiger partial charge is 0.488 e. The van der Waals surface area contributed by atoms with E-state index < -0.39 is 0 Å². The Bertz CT molecular complexity index is 907. The Balaban J connectivity index is 1.20. The molecule has 0 radical (unpaired) electrons. The second-order valence-corrected chi connectivity index (χ2v) is 10.1. The predicted octanol–water partition coefficient (Wildman–Crippen LogP) is 6.77. The average molecular weight is 481 g/mol. The van der Waals surface area contributed by atoms with Crippen LogP contribution in [0.2, 0.25) is 0 Å². The van der Waals surface area contributed by atoms with Crippen LogP contribution in [0.4, 0.5) is 0 Å². The number of esters is 1. The smallest absolute Gasteiger partial charge is 0.314 e. The number of ether oxygens (including phenoxy) is 3. The highest BCUT2D eigenvalue weighted by Gasteiger charge is 2.38. The number of hydrogen-bond acceptors (Lipinski definition) is 6. The van der Waals surface area contributed by atoms with Crippen molar-refractivity contribution in [2.24, 2.45) is 11.8 Å². The Hall–Kier alpha value is -2.47. The number of aromatic nitrogens is 2. The van der Waals surface area contributed by atoms with Crippen molar-refractivity contribution < 1.29 is 19.0 Å². The van der Waals surface area contributed by atoms with Crippen LogP contribution in [0.1, 0.15) is 84.5 Å². The zero-order valence-corrected chi connectivity index (χ0v) is 21.3. The predicted molar refractivity (Wildman–Crippen MR) is 136 cm³/mol. The van der Waals surface area contributed by atoms with E-state index in [9.17, 15) is 4.79 Å². The fourth-order valence-corrected chi connectivity index (χ4v) is 4.94. The third-order valence-corrected chi connectivity index (χ3v) is 7.30. The van der Waals surface area contributed by atoms with E-state index in [-0.39, 0.29) is 18.0 Å². The molecule has 1 aliphatic carbocycles. The first-order valence-electron chi connectivity index (χ1n) is 13.6. The molecule has 2 aliphatic rings. The lowest BCUT2D eigenvalue weighted by Gasteiger charge is -2.27. The molecular weight excluding hydrogens is 440 g/mol. The Kier molecular flexibility index (Phi) is 9.52. The first-order valence-corrected chi connectivity index (χ1v) is 13.6. The molecule has 0 spiro atoms. The second-order valence-electron chi connectivity index (χ2n) is 10.1. The van der Waals surface area contributed by atoms with Gasteiger partial charge >= 0.3 is 5.97 Å². The van der Waals surface area contributed by atoms with E-state index in [1.807, 2.05) is 24.3 Å². The summed E-state index contributed by atoms with van der Waals surface area (Å²) < 4.78 is 17.1. The fourth-order valence-electron chi connectivity index (χ4n) is 4.94. The number of hydrogen-bond donors (Lipinski definition) is 0. The van der Waals surface area contributed by atoms with Crippen molar-refractivity contribution in [3.8, 4) is 22.9 Å². The fraction of sp³-hybridized carbons (Fsp3) is 0.621. The summed E-state index contributed by atoms with van der Waals surface area (Å²) in [4.78, 5) is 21.5. The van der Waals surface area contributed by atoms with Gasteiger partial charge in [0.1, 0.15) is 18.5 Å². The number of epoxide rings is 1. The molecule has 4 rings (SSSR count). The van der Waals surface area contributed by atoms with E-state index in [0.29, 0.717) is 30.0 Å². The molecule has 0 bridgehead atoms. The Morgan fingerprint density at radius 2 is 1.60 bits per heavy atom. The molecule has 190 valence electrons. The van der Waals surface area contributed by atoms with Crippen molar-refractivity contribution in [3.05, 3.63) is 36.7 Å². The SMILES string of the molecule is CCCCCC1CCC(C(=O)Oc2ccc(-c3ncc(OC[C@@H]4O[C@H]4CCCC)cn3)cc2)CC1. The van der Waals surface area contributed by atoms with Crippen LogP contribution in [-0.4, -0.2) is 34.8 Å². The summed E-state index contributed by atoms with van der Waals surface area (Å²) in [6.07, 6.45) is 16.8. The lowest BCUT2D eigenvalue weighted by molar-refractivity contribution is -0.140. The summed E-state index contributed by atoms with van der Waals surface area (Å²) >= 11 is 0. The van der Waals surface area contributed by atoms with Crippen molar-refractivity contribution >= 4 is 5.97 Å². The van der Waals surface area contributed by atoms with Gasteiger partial charge in [-0.05, 0) is 62.3 Å². The third-order valence-electron chi connectivity index (χ3n) is 7.30. The van der Waals surface area contributed by atoms with Crippen LogP contribution in [0.3, 0.4) is 0 Å². The van der Waals surface area contributed by atoms with Gasteiger partial charge in [0, 0.05) is 5.56 Å². The highest BCUT2D eigenvalue weighted by atomic mass is 16.6. The van der Waals surface area contributed by atoms with Crippen LogP contribution >= 0.6 is 0 Å². The first-order chi connectivity index (χ1) is 17.2. The lowest BCUT2D eigenvalue weighted by Crippen LogP contribution is -2.25. The monoisotopic (exact) mass is 480 g/mol. The molecule has 2 aromatic rings. The minimum absolute atomic E-state index is 0.0240. The molecule has 2 atom stereocenters. The zero-order valence-electron chi connectivity index (χ0n) is 21.3. The maximum atomic E-state index is 12.6. The minimum Gasteiger partial charge on any atom is -0.488 e. The van der Waals surface area contributed by atoms with Gasteiger partial charge in [0.15, 0.2) is 11.6 Å². The molecule has 1 saturated heterocycles. The maximum Gasteiger partial charge on any atom is 0.314 e.